The van der Waals surface area contributed by atoms with E-state index in [0.29, 0.717) is 6.42 Å². The van der Waals surface area contributed by atoms with Crippen LogP contribution in [0.3, 0.4) is 0 Å². The van der Waals surface area contributed by atoms with Gasteiger partial charge in [-0.05, 0) is 26.2 Å². The van der Waals surface area contributed by atoms with Gasteiger partial charge in [-0.1, -0.05) is 24.3 Å². The molecule has 6 heteroatoms. The number of alkyl halides is 1. The number of aliphatic hydroxyl groups excluding tert-OH is 3. The summed E-state index contributed by atoms with van der Waals surface area (Å²) in [5.41, 5.74) is -0.00635. The summed E-state index contributed by atoms with van der Waals surface area (Å²) in [4.78, 5) is 12.5. The maximum Gasteiger partial charge on any atom is 0.338 e. The normalized spacial score (nSPS) is 35.3. The van der Waals surface area contributed by atoms with Crippen LogP contribution in [0.4, 0.5) is 0 Å². The van der Waals surface area contributed by atoms with Gasteiger partial charge in [0.1, 0.15) is 17.6 Å². The van der Waals surface area contributed by atoms with Crippen LogP contribution in [-0.4, -0.2) is 38.9 Å². The predicted octanol–water partition coefficient (Wildman–Crippen LogP) is 3.46. The number of ether oxygens (including phenoxy) is 1. The summed E-state index contributed by atoms with van der Waals surface area (Å²) in [6.07, 6.45) is 9.60. The average Bonchev–Trinajstić information content (AvgIpc) is 2.50. The van der Waals surface area contributed by atoms with E-state index in [9.17, 15) is 20.1 Å². The monoisotopic (exact) mass is 354 g/mol. The molecule has 0 radical (unpaired) electrons. The molecule has 3 N–H and O–H groups in total. The molecule has 0 aromatic rings. The van der Waals surface area contributed by atoms with E-state index in [1.54, 1.807) is 13.0 Å². The van der Waals surface area contributed by atoms with Crippen molar-refractivity contribution in [2.45, 2.75) is 50.2 Å². The highest BCUT2D eigenvalue weighted by molar-refractivity contribution is 6.23. The van der Waals surface area contributed by atoms with E-state index in [-0.39, 0.29) is 29.6 Å². The topological polar surface area (TPSA) is 87.0 Å². The van der Waals surface area contributed by atoms with Crippen LogP contribution in [-0.2, 0) is 9.53 Å². The number of esters is 1. The minimum Gasteiger partial charge on any atom is -0.511 e. The molecule has 2 aliphatic rings. The number of hydrogen-bond donors (Lipinski definition) is 3. The lowest BCUT2D eigenvalue weighted by Crippen LogP contribution is -2.33. The number of carbonyl (C=O) groups excluding carboxylic acids is 1. The Bertz CT molecular complexity index is 590. The van der Waals surface area contributed by atoms with Crippen molar-refractivity contribution in [3.63, 3.8) is 0 Å². The Balaban J connectivity index is 2.34. The summed E-state index contributed by atoms with van der Waals surface area (Å²) < 4.78 is 5.38. The molecule has 0 bridgehead atoms. The van der Waals surface area contributed by atoms with Gasteiger partial charge in [0.15, 0.2) is 0 Å². The van der Waals surface area contributed by atoms with Gasteiger partial charge >= 0.3 is 5.97 Å². The molecule has 1 heterocycles. The van der Waals surface area contributed by atoms with Crippen molar-refractivity contribution in [1.82, 2.24) is 0 Å². The van der Waals surface area contributed by atoms with Crippen LogP contribution < -0.4 is 0 Å². The van der Waals surface area contributed by atoms with Crippen molar-refractivity contribution in [1.29, 1.82) is 0 Å². The number of halogens is 1. The van der Waals surface area contributed by atoms with E-state index in [1.165, 1.54) is 0 Å². The third-order valence-corrected chi connectivity index (χ3v) is 4.61. The number of rotatable bonds is 0. The third-order valence-electron chi connectivity index (χ3n) is 4.08. The van der Waals surface area contributed by atoms with E-state index in [0.717, 1.165) is 18.9 Å². The Kier molecular flexibility index (Phi) is 6.52. The quantitative estimate of drug-likeness (QED) is 0.352. The van der Waals surface area contributed by atoms with Crippen LogP contribution in [0.15, 0.2) is 47.5 Å². The highest BCUT2D eigenvalue weighted by Crippen LogP contribution is 2.36. The van der Waals surface area contributed by atoms with Crippen LogP contribution in [0.1, 0.15) is 32.6 Å². The molecule has 24 heavy (non-hydrogen) atoms. The Morgan fingerprint density at radius 1 is 1.21 bits per heavy atom. The maximum atomic E-state index is 12.5. The second-order valence-corrected chi connectivity index (χ2v) is 6.58. The average molecular weight is 355 g/mol. The van der Waals surface area contributed by atoms with Gasteiger partial charge in [-0.25, -0.2) is 4.79 Å². The first-order valence-corrected chi connectivity index (χ1v) is 8.52. The molecule has 0 aromatic carbocycles. The fraction of sp³-hybridized carbons (Fsp3) is 0.500. The molecule has 0 spiro atoms. The zero-order valence-electron chi connectivity index (χ0n) is 13.6. The summed E-state index contributed by atoms with van der Waals surface area (Å²) in [6.45, 7) is 1.77. The van der Waals surface area contributed by atoms with Crippen LogP contribution in [0.2, 0.25) is 0 Å². The second-order valence-electron chi connectivity index (χ2n) is 6.11. The maximum absolute atomic E-state index is 12.5. The molecule has 132 valence electrons. The van der Waals surface area contributed by atoms with E-state index in [1.807, 2.05) is 18.2 Å². The van der Waals surface area contributed by atoms with Crippen LogP contribution >= 0.6 is 11.6 Å². The number of hydrogen-bond acceptors (Lipinski definition) is 5. The first-order chi connectivity index (χ1) is 11.4. The molecule has 0 saturated carbocycles. The first-order valence-electron chi connectivity index (χ1n) is 8.08. The van der Waals surface area contributed by atoms with Gasteiger partial charge in [-0.15, -0.1) is 11.6 Å². The number of allylic oxidation sites excluding steroid dienone is 4. The van der Waals surface area contributed by atoms with Crippen molar-refractivity contribution < 1.29 is 24.9 Å². The number of aliphatic hydroxyl groups is 3. The van der Waals surface area contributed by atoms with Gasteiger partial charge in [0.05, 0.1) is 17.1 Å². The Morgan fingerprint density at radius 2 is 1.92 bits per heavy atom. The Labute approximate surface area is 146 Å². The van der Waals surface area contributed by atoms with Crippen molar-refractivity contribution in [2.24, 2.45) is 5.92 Å². The Morgan fingerprint density at radius 3 is 2.67 bits per heavy atom. The molecule has 3 unspecified atom stereocenters. The van der Waals surface area contributed by atoms with Gasteiger partial charge in [-0.2, -0.15) is 0 Å². The van der Waals surface area contributed by atoms with Crippen molar-refractivity contribution in [2.75, 3.05) is 0 Å². The SMILES string of the molecule is C[C@@H]1C/C=C/CC/C=C/C(O)CC2C(=C(O)C=C(O)C2Cl)C(=O)O1. The third kappa shape index (κ3) is 4.65. The summed E-state index contributed by atoms with van der Waals surface area (Å²) in [5, 5.41) is 29.2. The molecule has 0 fully saturated rings. The lowest BCUT2D eigenvalue weighted by Gasteiger charge is -2.29. The van der Waals surface area contributed by atoms with Gasteiger partial charge in [0.25, 0.3) is 0 Å². The van der Waals surface area contributed by atoms with Crippen molar-refractivity contribution in [3.8, 4) is 0 Å². The van der Waals surface area contributed by atoms with E-state index in [4.69, 9.17) is 16.3 Å². The molecular weight excluding hydrogens is 332 g/mol. The van der Waals surface area contributed by atoms with E-state index < -0.39 is 23.4 Å². The fourth-order valence-corrected chi connectivity index (χ4v) is 3.11. The van der Waals surface area contributed by atoms with Gasteiger partial charge in [0, 0.05) is 18.4 Å². The van der Waals surface area contributed by atoms with E-state index in [2.05, 4.69) is 0 Å². The zero-order valence-corrected chi connectivity index (χ0v) is 14.3. The first kappa shape index (κ1) is 18.6. The number of carbonyl (C=O) groups is 1. The highest BCUT2D eigenvalue weighted by atomic mass is 35.5. The summed E-state index contributed by atoms with van der Waals surface area (Å²) in [6, 6.07) is 0. The number of cyclic esters (lactones) is 1. The fourth-order valence-electron chi connectivity index (χ4n) is 2.82. The van der Waals surface area contributed by atoms with E-state index >= 15 is 0 Å². The summed E-state index contributed by atoms with van der Waals surface area (Å²) in [5.74, 6) is -2.02. The predicted molar refractivity (Wildman–Crippen MR) is 91.8 cm³/mol. The molecule has 0 saturated heterocycles. The molecule has 4 atom stereocenters. The second kappa shape index (κ2) is 8.40. The van der Waals surface area contributed by atoms with Gasteiger partial charge in [0.2, 0.25) is 0 Å². The molecule has 1 aliphatic heterocycles. The summed E-state index contributed by atoms with van der Waals surface area (Å²) in [7, 11) is 0. The molecule has 5 nitrogen and oxygen atoms in total. The zero-order chi connectivity index (χ0) is 17.7. The van der Waals surface area contributed by atoms with Crippen LogP contribution in [0.5, 0.6) is 0 Å². The molecule has 0 aromatic heterocycles. The molecule has 2 rings (SSSR count). The Hall–Kier alpha value is -1.72. The lowest BCUT2D eigenvalue weighted by atomic mass is 9.84. The van der Waals surface area contributed by atoms with Gasteiger partial charge in [-0.3, -0.25) is 0 Å². The standard InChI is InChI=1S/C18H23ClO5/c1-11-7-5-3-2-4-6-8-12(20)9-13-16(18(23)24-11)14(21)10-15(22)17(13)19/h3,5-6,8,10-13,17,20-22H,2,4,7,9H2,1H3/b5-3+,8-6+/t11-,12?,13?,17?/m1/s1. The highest BCUT2D eigenvalue weighted by Gasteiger charge is 2.38. The molecule has 1 aliphatic carbocycles. The minimum atomic E-state index is -0.908. The molecular formula is C18H23ClO5. The van der Waals surface area contributed by atoms with Crippen molar-refractivity contribution >= 4 is 17.6 Å². The van der Waals surface area contributed by atoms with Crippen molar-refractivity contribution in [3.05, 3.63) is 47.5 Å². The number of fused-ring (bicyclic) bond motifs is 1. The summed E-state index contributed by atoms with van der Waals surface area (Å²) >= 11 is 6.21. The largest absolute Gasteiger partial charge is 0.511 e. The molecule has 0 amide bonds. The minimum absolute atomic E-state index is 0.00635. The smallest absolute Gasteiger partial charge is 0.338 e. The van der Waals surface area contributed by atoms with Crippen LogP contribution in [0.25, 0.3) is 0 Å². The van der Waals surface area contributed by atoms with Crippen LogP contribution in [0, 0.1) is 5.92 Å². The van der Waals surface area contributed by atoms with Gasteiger partial charge < -0.3 is 20.1 Å². The lowest BCUT2D eigenvalue weighted by molar-refractivity contribution is -0.144.